The third kappa shape index (κ3) is 5.21. The summed E-state index contributed by atoms with van der Waals surface area (Å²) in [5.41, 5.74) is 0.845. The lowest BCUT2D eigenvalue weighted by molar-refractivity contribution is -0.142. The van der Waals surface area contributed by atoms with Gasteiger partial charge >= 0.3 is 6.03 Å². The number of anilines is 2. The molecule has 0 saturated carbocycles. The van der Waals surface area contributed by atoms with Gasteiger partial charge in [-0.2, -0.15) is 0 Å². The van der Waals surface area contributed by atoms with Crippen LogP contribution < -0.4 is 16.0 Å². The van der Waals surface area contributed by atoms with Crippen LogP contribution in [0.4, 0.5) is 16.2 Å². The molecule has 1 fully saturated rings. The number of piperidine rings is 1. The van der Waals surface area contributed by atoms with E-state index >= 15 is 0 Å². The number of carbonyl (C=O) groups is 3. The summed E-state index contributed by atoms with van der Waals surface area (Å²) in [5.74, 6) is -0.0381. The van der Waals surface area contributed by atoms with Crippen LogP contribution in [0.2, 0.25) is 0 Å². The van der Waals surface area contributed by atoms with Crippen LogP contribution in [-0.4, -0.2) is 42.9 Å². The number of hydrogen-bond acceptors (Lipinski definition) is 3. The molecule has 0 atom stereocenters. The lowest BCUT2D eigenvalue weighted by Crippen LogP contribution is -2.45. The highest BCUT2D eigenvalue weighted by molar-refractivity contribution is 5.94. The maximum Gasteiger partial charge on any atom is 0.318 e. The van der Waals surface area contributed by atoms with Crippen molar-refractivity contribution in [3.05, 3.63) is 24.3 Å². The van der Waals surface area contributed by atoms with Gasteiger partial charge in [0.15, 0.2) is 0 Å². The Morgan fingerprint density at radius 2 is 1.62 bits per heavy atom. The molecule has 1 heterocycles. The van der Waals surface area contributed by atoms with E-state index in [2.05, 4.69) is 16.0 Å². The van der Waals surface area contributed by atoms with E-state index in [0.717, 1.165) is 0 Å². The molecule has 0 bridgehead atoms. The van der Waals surface area contributed by atoms with E-state index in [4.69, 9.17) is 0 Å². The Bertz CT molecular complexity index is 674. The molecule has 4 amide bonds. The minimum Gasteiger partial charge on any atom is -0.342 e. The van der Waals surface area contributed by atoms with E-state index in [0.29, 0.717) is 37.3 Å². The van der Waals surface area contributed by atoms with Crippen molar-refractivity contribution in [3.8, 4) is 0 Å². The Morgan fingerprint density at radius 1 is 1.04 bits per heavy atom. The second-order valence-corrected chi connectivity index (χ2v) is 7.59. The lowest BCUT2D eigenvalue weighted by atomic mass is 9.90. The summed E-state index contributed by atoms with van der Waals surface area (Å²) in [4.78, 5) is 38.1. The Balaban J connectivity index is 1.90. The molecule has 1 aromatic rings. The molecule has 0 radical (unpaired) electrons. The molecule has 0 spiro atoms. The van der Waals surface area contributed by atoms with Gasteiger partial charge in [0.25, 0.3) is 0 Å². The largest absolute Gasteiger partial charge is 0.342 e. The summed E-state index contributed by atoms with van der Waals surface area (Å²) in [6.45, 7) is 6.94. The number of carbonyl (C=O) groups excluding carboxylic acids is 3. The van der Waals surface area contributed by atoms with Crippen LogP contribution in [-0.2, 0) is 9.59 Å². The van der Waals surface area contributed by atoms with Crippen LogP contribution >= 0.6 is 0 Å². The van der Waals surface area contributed by atoms with Gasteiger partial charge in [0.2, 0.25) is 11.8 Å². The molecule has 1 aliphatic heterocycles. The standard InChI is InChI=1S/C19H28N4O3/c1-19(2,3)17(25)23-10-8-13(9-11-23)16(24)21-14-6-5-7-15(12-14)22-18(26)20-4/h5-7,12-13H,8-11H2,1-4H3,(H,21,24)(H2,20,22,26). The summed E-state index contributed by atoms with van der Waals surface area (Å²) in [5, 5.41) is 8.05. The maximum absolute atomic E-state index is 12.5. The molecule has 0 unspecified atom stereocenters. The Hall–Kier alpha value is -2.57. The summed E-state index contributed by atoms with van der Waals surface area (Å²) < 4.78 is 0. The SMILES string of the molecule is CNC(=O)Nc1cccc(NC(=O)C2CCN(C(=O)C(C)(C)C)CC2)c1. The molecule has 1 aliphatic rings. The average Bonchev–Trinajstić information content (AvgIpc) is 2.60. The van der Waals surface area contributed by atoms with Crippen molar-refractivity contribution in [1.82, 2.24) is 10.2 Å². The number of hydrogen-bond donors (Lipinski definition) is 3. The zero-order valence-electron chi connectivity index (χ0n) is 15.9. The third-order valence-corrected chi connectivity index (χ3v) is 4.41. The van der Waals surface area contributed by atoms with Gasteiger partial charge in [-0.3, -0.25) is 9.59 Å². The molecule has 2 rings (SSSR count). The molecule has 7 heteroatoms. The molecule has 0 aliphatic carbocycles. The van der Waals surface area contributed by atoms with Crippen molar-refractivity contribution >= 4 is 29.2 Å². The van der Waals surface area contributed by atoms with E-state index in [1.807, 2.05) is 25.7 Å². The lowest BCUT2D eigenvalue weighted by Gasteiger charge is -2.35. The fourth-order valence-corrected chi connectivity index (χ4v) is 2.93. The second kappa shape index (κ2) is 8.21. The molecule has 0 aromatic heterocycles. The number of rotatable bonds is 3. The highest BCUT2D eigenvalue weighted by atomic mass is 16.2. The number of urea groups is 1. The first-order chi connectivity index (χ1) is 12.2. The van der Waals surface area contributed by atoms with Crippen LogP contribution in [0.25, 0.3) is 0 Å². The fourth-order valence-electron chi connectivity index (χ4n) is 2.93. The minimum atomic E-state index is -0.396. The zero-order chi connectivity index (χ0) is 19.3. The smallest absolute Gasteiger partial charge is 0.318 e. The zero-order valence-corrected chi connectivity index (χ0v) is 15.9. The first kappa shape index (κ1) is 19.8. The molecular formula is C19H28N4O3. The van der Waals surface area contributed by atoms with Crippen molar-refractivity contribution in [3.63, 3.8) is 0 Å². The molecule has 1 aromatic carbocycles. The van der Waals surface area contributed by atoms with Crippen LogP contribution in [0.3, 0.4) is 0 Å². The van der Waals surface area contributed by atoms with Crippen LogP contribution in [0, 0.1) is 11.3 Å². The topological polar surface area (TPSA) is 90.5 Å². The fraction of sp³-hybridized carbons (Fsp3) is 0.526. The first-order valence-corrected chi connectivity index (χ1v) is 8.89. The van der Waals surface area contributed by atoms with Gasteiger partial charge in [-0.05, 0) is 31.0 Å². The highest BCUT2D eigenvalue weighted by Crippen LogP contribution is 2.25. The minimum absolute atomic E-state index is 0.0510. The van der Waals surface area contributed by atoms with E-state index in [-0.39, 0.29) is 23.8 Å². The summed E-state index contributed by atoms with van der Waals surface area (Å²) in [7, 11) is 1.54. The quantitative estimate of drug-likeness (QED) is 0.774. The van der Waals surface area contributed by atoms with Gasteiger partial charge in [-0.25, -0.2) is 4.79 Å². The predicted octanol–water partition coefficient (Wildman–Crippen LogP) is 2.66. The molecule has 26 heavy (non-hydrogen) atoms. The first-order valence-electron chi connectivity index (χ1n) is 8.89. The van der Waals surface area contributed by atoms with Crippen molar-refractivity contribution < 1.29 is 14.4 Å². The van der Waals surface area contributed by atoms with Gasteiger partial charge in [0.1, 0.15) is 0 Å². The maximum atomic E-state index is 12.5. The molecule has 3 N–H and O–H groups in total. The van der Waals surface area contributed by atoms with E-state index in [9.17, 15) is 14.4 Å². The van der Waals surface area contributed by atoms with Crippen LogP contribution in [0.1, 0.15) is 33.6 Å². The second-order valence-electron chi connectivity index (χ2n) is 7.59. The monoisotopic (exact) mass is 360 g/mol. The predicted molar refractivity (Wildman–Crippen MR) is 102 cm³/mol. The normalized spacial score (nSPS) is 15.3. The summed E-state index contributed by atoms with van der Waals surface area (Å²) in [6, 6.07) is 6.70. The van der Waals surface area contributed by atoms with E-state index in [1.165, 1.54) is 7.05 Å². The van der Waals surface area contributed by atoms with E-state index < -0.39 is 5.41 Å². The van der Waals surface area contributed by atoms with Gasteiger partial charge < -0.3 is 20.9 Å². The van der Waals surface area contributed by atoms with Crippen molar-refractivity contribution in [2.75, 3.05) is 30.8 Å². The van der Waals surface area contributed by atoms with Gasteiger partial charge in [0, 0.05) is 42.8 Å². The van der Waals surface area contributed by atoms with Crippen molar-refractivity contribution in [1.29, 1.82) is 0 Å². The van der Waals surface area contributed by atoms with Crippen LogP contribution in [0.15, 0.2) is 24.3 Å². The number of nitrogens with one attached hydrogen (secondary N) is 3. The van der Waals surface area contributed by atoms with Gasteiger partial charge in [0.05, 0.1) is 0 Å². The summed E-state index contributed by atoms with van der Waals surface area (Å²) >= 11 is 0. The number of likely N-dealkylation sites (tertiary alicyclic amines) is 1. The Labute approximate surface area is 154 Å². The Kier molecular flexibility index (Phi) is 6.23. The van der Waals surface area contributed by atoms with Gasteiger partial charge in [-0.1, -0.05) is 26.8 Å². The van der Waals surface area contributed by atoms with Gasteiger partial charge in [-0.15, -0.1) is 0 Å². The Morgan fingerprint density at radius 3 is 2.15 bits per heavy atom. The van der Waals surface area contributed by atoms with E-state index in [1.54, 1.807) is 24.3 Å². The molecular weight excluding hydrogens is 332 g/mol. The average molecular weight is 360 g/mol. The molecule has 7 nitrogen and oxygen atoms in total. The summed E-state index contributed by atoms with van der Waals surface area (Å²) in [6.07, 6.45) is 1.31. The number of amides is 4. The molecule has 1 saturated heterocycles. The molecule has 142 valence electrons. The third-order valence-electron chi connectivity index (χ3n) is 4.41. The van der Waals surface area contributed by atoms with Crippen molar-refractivity contribution in [2.45, 2.75) is 33.6 Å². The number of nitrogens with zero attached hydrogens (tertiary/aromatic N) is 1. The van der Waals surface area contributed by atoms with Crippen molar-refractivity contribution in [2.24, 2.45) is 11.3 Å². The van der Waals surface area contributed by atoms with Crippen LogP contribution in [0.5, 0.6) is 0 Å². The highest BCUT2D eigenvalue weighted by Gasteiger charge is 2.32. The number of benzene rings is 1.